The van der Waals surface area contributed by atoms with Crippen molar-refractivity contribution in [2.45, 2.75) is 13.5 Å². The van der Waals surface area contributed by atoms with E-state index in [9.17, 15) is 0 Å². The van der Waals surface area contributed by atoms with Crippen molar-refractivity contribution in [2.24, 2.45) is 0 Å². The van der Waals surface area contributed by atoms with Crippen LogP contribution in [-0.2, 0) is 6.54 Å². The van der Waals surface area contributed by atoms with E-state index in [-0.39, 0.29) is 0 Å². The van der Waals surface area contributed by atoms with Crippen LogP contribution in [0.1, 0.15) is 12.6 Å². The fraction of sp³-hybridized carbons (Fsp3) is 0.308. The molecule has 2 aromatic rings. The molecular weight excluding hydrogens is 214 g/mol. The van der Waals surface area contributed by atoms with Gasteiger partial charge in [-0.15, -0.1) is 0 Å². The molecule has 0 atom stereocenters. The van der Waals surface area contributed by atoms with Gasteiger partial charge in [-0.1, -0.05) is 0 Å². The summed E-state index contributed by atoms with van der Waals surface area (Å²) in [6.07, 6.45) is 1.96. The number of nitrogens with zero attached hydrogens (tertiary/aromatic N) is 2. The first-order chi connectivity index (χ1) is 8.33. The summed E-state index contributed by atoms with van der Waals surface area (Å²) in [5.74, 6) is 0.888. The van der Waals surface area contributed by atoms with Crippen LogP contribution in [0, 0.1) is 0 Å². The van der Waals surface area contributed by atoms with E-state index in [1.807, 2.05) is 55.2 Å². The molecule has 0 aliphatic rings. The van der Waals surface area contributed by atoms with Crippen LogP contribution in [0.4, 0.5) is 0 Å². The highest BCUT2D eigenvalue weighted by Gasteiger charge is 2.00. The van der Waals surface area contributed by atoms with Crippen molar-refractivity contribution in [3.05, 3.63) is 42.2 Å². The molecule has 0 aliphatic carbocycles. The Kier molecular flexibility index (Phi) is 3.77. The van der Waals surface area contributed by atoms with Crippen molar-refractivity contribution in [3.63, 3.8) is 0 Å². The zero-order valence-electron chi connectivity index (χ0n) is 10.2. The number of hydrogen-bond acceptors (Lipinski definition) is 3. The van der Waals surface area contributed by atoms with Gasteiger partial charge in [0.05, 0.1) is 18.0 Å². The Labute approximate surface area is 101 Å². The maximum atomic E-state index is 5.40. The minimum Gasteiger partial charge on any atom is -0.494 e. The van der Waals surface area contributed by atoms with Gasteiger partial charge in [0.2, 0.25) is 0 Å². The molecule has 0 saturated heterocycles. The average Bonchev–Trinajstić information content (AvgIpc) is 2.80. The smallest absolute Gasteiger partial charge is 0.119 e. The Balaban J connectivity index is 2.15. The summed E-state index contributed by atoms with van der Waals surface area (Å²) in [5, 5.41) is 7.54. The van der Waals surface area contributed by atoms with Crippen LogP contribution in [0.2, 0.25) is 0 Å². The quantitative estimate of drug-likeness (QED) is 0.855. The molecule has 0 bridgehead atoms. The van der Waals surface area contributed by atoms with Gasteiger partial charge in [0.25, 0.3) is 0 Å². The molecule has 0 radical (unpaired) electrons. The lowest BCUT2D eigenvalue weighted by Gasteiger charge is -2.05. The molecule has 0 amide bonds. The zero-order valence-corrected chi connectivity index (χ0v) is 10.2. The highest BCUT2D eigenvalue weighted by molar-refractivity contribution is 5.36. The third-order valence-corrected chi connectivity index (χ3v) is 2.41. The van der Waals surface area contributed by atoms with Crippen LogP contribution >= 0.6 is 0 Å². The predicted molar refractivity (Wildman–Crippen MR) is 67.5 cm³/mol. The van der Waals surface area contributed by atoms with E-state index < -0.39 is 0 Å². The molecular formula is C13H17N3O. The molecule has 0 spiro atoms. The minimum atomic E-state index is 0.688. The van der Waals surface area contributed by atoms with Gasteiger partial charge >= 0.3 is 0 Å². The Morgan fingerprint density at radius 2 is 2.00 bits per heavy atom. The first-order valence-electron chi connectivity index (χ1n) is 5.76. The number of nitrogens with one attached hydrogen (secondary N) is 1. The Morgan fingerprint density at radius 1 is 1.24 bits per heavy atom. The number of rotatable bonds is 5. The van der Waals surface area contributed by atoms with Crippen molar-refractivity contribution in [1.82, 2.24) is 15.1 Å². The Morgan fingerprint density at radius 3 is 2.65 bits per heavy atom. The van der Waals surface area contributed by atoms with Crippen LogP contribution in [0.15, 0.2) is 36.5 Å². The van der Waals surface area contributed by atoms with E-state index in [1.165, 1.54) is 0 Å². The van der Waals surface area contributed by atoms with Gasteiger partial charge < -0.3 is 10.1 Å². The molecule has 4 nitrogen and oxygen atoms in total. The van der Waals surface area contributed by atoms with E-state index in [0.717, 1.165) is 23.7 Å². The average molecular weight is 231 g/mol. The van der Waals surface area contributed by atoms with Gasteiger partial charge in [0.15, 0.2) is 0 Å². The van der Waals surface area contributed by atoms with Crippen molar-refractivity contribution in [1.29, 1.82) is 0 Å². The van der Waals surface area contributed by atoms with Crippen molar-refractivity contribution in [3.8, 4) is 11.4 Å². The number of benzene rings is 1. The molecule has 1 heterocycles. The summed E-state index contributed by atoms with van der Waals surface area (Å²) in [4.78, 5) is 0. The largest absolute Gasteiger partial charge is 0.494 e. The van der Waals surface area contributed by atoms with E-state index in [1.54, 1.807) is 0 Å². The molecule has 0 aliphatic heterocycles. The summed E-state index contributed by atoms with van der Waals surface area (Å²) in [7, 11) is 1.91. The Hall–Kier alpha value is -1.81. The summed E-state index contributed by atoms with van der Waals surface area (Å²) in [5.41, 5.74) is 2.07. The topological polar surface area (TPSA) is 39.1 Å². The van der Waals surface area contributed by atoms with E-state index in [4.69, 9.17) is 4.74 Å². The highest BCUT2D eigenvalue weighted by Crippen LogP contribution is 2.15. The molecule has 1 aromatic heterocycles. The second-order valence-electron chi connectivity index (χ2n) is 3.71. The van der Waals surface area contributed by atoms with Gasteiger partial charge in [-0.2, -0.15) is 5.10 Å². The molecule has 1 aromatic carbocycles. The second-order valence-corrected chi connectivity index (χ2v) is 3.71. The van der Waals surface area contributed by atoms with Gasteiger partial charge in [-0.25, -0.2) is 4.68 Å². The van der Waals surface area contributed by atoms with Crippen molar-refractivity contribution < 1.29 is 4.74 Å². The lowest BCUT2D eigenvalue weighted by molar-refractivity contribution is 0.340. The van der Waals surface area contributed by atoms with E-state index >= 15 is 0 Å². The lowest BCUT2D eigenvalue weighted by atomic mass is 10.3. The fourth-order valence-electron chi connectivity index (χ4n) is 1.64. The highest BCUT2D eigenvalue weighted by atomic mass is 16.5. The van der Waals surface area contributed by atoms with E-state index in [2.05, 4.69) is 10.4 Å². The molecule has 1 N–H and O–H groups in total. The molecule has 0 saturated carbocycles. The van der Waals surface area contributed by atoms with Crippen molar-refractivity contribution in [2.75, 3.05) is 13.7 Å². The molecule has 90 valence electrons. The van der Waals surface area contributed by atoms with Gasteiger partial charge in [-0.05, 0) is 44.3 Å². The lowest BCUT2D eigenvalue weighted by Crippen LogP contribution is -2.06. The number of ether oxygens (including phenoxy) is 1. The normalized spacial score (nSPS) is 10.5. The minimum absolute atomic E-state index is 0.688. The molecule has 17 heavy (non-hydrogen) atoms. The molecule has 4 heteroatoms. The predicted octanol–water partition coefficient (Wildman–Crippen LogP) is 1.99. The molecule has 0 unspecified atom stereocenters. The van der Waals surface area contributed by atoms with Crippen LogP contribution in [0.3, 0.4) is 0 Å². The first kappa shape index (κ1) is 11.7. The first-order valence-corrected chi connectivity index (χ1v) is 5.76. The van der Waals surface area contributed by atoms with Crippen LogP contribution in [-0.4, -0.2) is 23.4 Å². The standard InChI is InChI=1S/C13H17N3O/c1-3-17-13-6-4-12(5-7-13)16-9-8-11(15-16)10-14-2/h4-9,14H,3,10H2,1-2H3. The van der Waals surface area contributed by atoms with Gasteiger partial charge in [-0.3, -0.25) is 0 Å². The third-order valence-electron chi connectivity index (χ3n) is 2.41. The van der Waals surface area contributed by atoms with Crippen LogP contribution in [0.25, 0.3) is 5.69 Å². The Bertz CT molecular complexity index is 462. The van der Waals surface area contributed by atoms with Crippen LogP contribution in [0.5, 0.6) is 5.75 Å². The summed E-state index contributed by atoms with van der Waals surface area (Å²) in [6.45, 7) is 3.45. The number of aromatic nitrogens is 2. The monoisotopic (exact) mass is 231 g/mol. The number of hydrogen-bond donors (Lipinski definition) is 1. The summed E-state index contributed by atoms with van der Waals surface area (Å²) >= 11 is 0. The maximum absolute atomic E-state index is 5.40. The summed E-state index contributed by atoms with van der Waals surface area (Å²) < 4.78 is 7.26. The van der Waals surface area contributed by atoms with Gasteiger partial charge in [0, 0.05) is 12.7 Å². The van der Waals surface area contributed by atoms with Crippen LogP contribution < -0.4 is 10.1 Å². The van der Waals surface area contributed by atoms with E-state index in [0.29, 0.717) is 6.61 Å². The zero-order chi connectivity index (χ0) is 12.1. The second kappa shape index (κ2) is 5.50. The fourth-order valence-corrected chi connectivity index (χ4v) is 1.64. The van der Waals surface area contributed by atoms with Crippen molar-refractivity contribution >= 4 is 0 Å². The van der Waals surface area contributed by atoms with Gasteiger partial charge in [0.1, 0.15) is 5.75 Å². The SMILES string of the molecule is CCOc1ccc(-n2ccc(CNC)n2)cc1. The summed E-state index contributed by atoms with van der Waals surface area (Å²) in [6, 6.07) is 9.92. The molecule has 0 fully saturated rings. The molecule has 2 rings (SSSR count). The third kappa shape index (κ3) is 2.85. The maximum Gasteiger partial charge on any atom is 0.119 e.